The number of aliphatic hydroxyl groups is 1. The van der Waals surface area contributed by atoms with E-state index in [9.17, 15) is 9.90 Å². The summed E-state index contributed by atoms with van der Waals surface area (Å²) < 4.78 is 1.71. The zero-order valence-electron chi connectivity index (χ0n) is 14.7. The third-order valence-electron chi connectivity index (χ3n) is 3.91. The summed E-state index contributed by atoms with van der Waals surface area (Å²) >= 11 is 0. The molecule has 0 radical (unpaired) electrons. The lowest BCUT2D eigenvalue weighted by Gasteiger charge is -2.17. The summed E-state index contributed by atoms with van der Waals surface area (Å²) in [6.07, 6.45) is 4.08. The molecule has 0 spiro atoms. The van der Waals surface area contributed by atoms with Gasteiger partial charge >= 0.3 is 0 Å². The Morgan fingerprint density at radius 1 is 1.12 bits per heavy atom. The van der Waals surface area contributed by atoms with Crippen LogP contribution in [0.4, 0.5) is 0 Å². The summed E-state index contributed by atoms with van der Waals surface area (Å²) in [6, 6.07) is 16.0. The number of hydrogen-bond acceptors (Lipinski definition) is 3. The van der Waals surface area contributed by atoms with Gasteiger partial charge in [0.25, 0.3) is 0 Å². The SMILES string of the molecule is CC(=O)c1nn(CC(C)(C)O)c2cc(/C=C/c3ccccc3)ccc12. The fourth-order valence-electron chi connectivity index (χ4n) is 2.80. The van der Waals surface area contributed by atoms with Crippen molar-refractivity contribution in [2.75, 3.05) is 0 Å². The van der Waals surface area contributed by atoms with Gasteiger partial charge in [-0.2, -0.15) is 5.10 Å². The van der Waals surface area contributed by atoms with Gasteiger partial charge < -0.3 is 5.11 Å². The maximum atomic E-state index is 11.9. The smallest absolute Gasteiger partial charge is 0.180 e. The molecular formula is C21H22N2O2. The van der Waals surface area contributed by atoms with Crippen LogP contribution >= 0.6 is 0 Å². The van der Waals surface area contributed by atoms with Crippen LogP contribution in [0.2, 0.25) is 0 Å². The summed E-state index contributed by atoms with van der Waals surface area (Å²) in [5.74, 6) is -0.0768. The first-order valence-corrected chi connectivity index (χ1v) is 8.30. The van der Waals surface area contributed by atoms with Crippen LogP contribution in [0.15, 0.2) is 48.5 Å². The lowest BCUT2D eigenvalue weighted by Crippen LogP contribution is -2.26. The highest BCUT2D eigenvalue weighted by atomic mass is 16.3. The molecule has 1 aromatic heterocycles. The number of Topliss-reactive ketones (excluding diaryl/α,β-unsaturated/α-hetero) is 1. The minimum absolute atomic E-state index is 0.0768. The van der Waals surface area contributed by atoms with E-state index >= 15 is 0 Å². The topological polar surface area (TPSA) is 55.1 Å². The van der Waals surface area contributed by atoms with E-state index in [1.165, 1.54) is 6.92 Å². The van der Waals surface area contributed by atoms with Crippen molar-refractivity contribution in [3.05, 3.63) is 65.4 Å². The molecule has 0 aliphatic heterocycles. The lowest BCUT2D eigenvalue weighted by atomic mass is 10.1. The summed E-state index contributed by atoms with van der Waals surface area (Å²) in [5, 5.41) is 15.4. The maximum absolute atomic E-state index is 11.9. The van der Waals surface area contributed by atoms with Gasteiger partial charge in [0.1, 0.15) is 5.69 Å². The van der Waals surface area contributed by atoms with Crippen LogP contribution < -0.4 is 0 Å². The molecule has 0 aliphatic rings. The summed E-state index contributed by atoms with van der Waals surface area (Å²) in [6.45, 7) is 5.29. The monoisotopic (exact) mass is 334 g/mol. The van der Waals surface area contributed by atoms with E-state index in [0.717, 1.165) is 22.0 Å². The van der Waals surface area contributed by atoms with Crippen molar-refractivity contribution in [3.8, 4) is 0 Å². The molecule has 0 saturated carbocycles. The van der Waals surface area contributed by atoms with Gasteiger partial charge in [0.2, 0.25) is 0 Å². The molecular weight excluding hydrogens is 312 g/mol. The minimum Gasteiger partial charge on any atom is -0.389 e. The Morgan fingerprint density at radius 3 is 2.44 bits per heavy atom. The Balaban J connectivity index is 2.04. The molecule has 3 aromatic rings. The molecule has 0 unspecified atom stereocenters. The standard InChI is InChI=1S/C21H22N2O2/c1-15(24)20-18-12-11-17(10-9-16-7-5-4-6-8-16)13-19(18)23(22-20)14-21(2,3)25/h4-13,25H,14H2,1-3H3/b10-9+. The van der Waals surface area contributed by atoms with Gasteiger partial charge in [0, 0.05) is 12.3 Å². The first-order valence-electron chi connectivity index (χ1n) is 8.30. The second-order valence-electron chi connectivity index (χ2n) is 6.90. The molecule has 1 heterocycles. The van der Waals surface area contributed by atoms with Crippen LogP contribution in [0.5, 0.6) is 0 Å². The van der Waals surface area contributed by atoms with E-state index in [2.05, 4.69) is 5.10 Å². The van der Waals surface area contributed by atoms with E-state index in [4.69, 9.17) is 0 Å². The van der Waals surface area contributed by atoms with E-state index in [1.807, 2.05) is 60.7 Å². The number of aromatic nitrogens is 2. The van der Waals surface area contributed by atoms with Crippen LogP contribution in [0.3, 0.4) is 0 Å². The van der Waals surface area contributed by atoms with Gasteiger partial charge in [0.15, 0.2) is 5.78 Å². The molecule has 2 aromatic carbocycles. The van der Waals surface area contributed by atoms with E-state index in [0.29, 0.717) is 12.2 Å². The molecule has 25 heavy (non-hydrogen) atoms. The van der Waals surface area contributed by atoms with Crippen LogP contribution in [-0.2, 0) is 6.54 Å². The number of nitrogens with zero attached hydrogens (tertiary/aromatic N) is 2. The Labute approximate surface area is 147 Å². The highest BCUT2D eigenvalue weighted by Crippen LogP contribution is 2.23. The van der Waals surface area contributed by atoms with Crippen molar-refractivity contribution in [2.45, 2.75) is 32.9 Å². The number of carbonyl (C=O) groups excluding carboxylic acids is 1. The predicted molar refractivity (Wildman–Crippen MR) is 101 cm³/mol. The van der Waals surface area contributed by atoms with Crippen molar-refractivity contribution in [3.63, 3.8) is 0 Å². The molecule has 0 atom stereocenters. The first-order chi connectivity index (χ1) is 11.8. The largest absolute Gasteiger partial charge is 0.389 e. The Kier molecular flexibility index (Phi) is 4.55. The van der Waals surface area contributed by atoms with Gasteiger partial charge in [-0.1, -0.05) is 48.6 Å². The predicted octanol–water partition coefficient (Wildman–Crippen LogP) is 4.18. The van der Waals surface area contributed by atoms with E-state index < -0.39 is 5.60 Å². The Hall–Kier alpha value is -2.72. The van der Waals surface area contributed by atoms with Gasteiger partial charge in [0.05, 0.1) is 17.7 Å². The molecule has 0 amide bonds. The van der Waals surface area contributed by atoms with Crippen molar-refractivity contribution in [1.82, 2.24) is 9.78 Å². The molecule has 0 bridgehead atoms. The highest BCUT2D eigenvalue weighted by Gasteiger charge is 2.19. The molecule has 128 valence electrons. The minimum atomic E-state index is -0.914. The molecule has 4 heteroatoms. The van der Waals surface area contributed by atoms with Gasteiger partial charge in [-0.25, -0.2) is 0 Å². The normalized spacial score (nSPS) is 12.2. The third-order valence-corrected chi connectivity index (χ3v) is 3.91. The number of benzene rings is 2. The number of fused-ring (bicyclic) bond motifs is 1. The molecule has 0 saturated heterocycles. The quantitative estimate of drug-likeness (QED) is 0.562. The zero-order chi connectivity index (χ0) is 18.0. The number of carbonyl (C=O) groups is 1. The summed E-state index contributed by atoms with van der Waals surface area (Å²) in [4.78, 5) is 11.9. The van der Waals surface area contributed by atoms with Crippen molar-refractivity contribution >= 4 is 28.8 Å². The van der Waals surface area contributed by atoms with Gasteiger partial charge in [-0.3, -0.25) is 9.48 Å². The molecule has 0 fully saturated rings. The molecule has 4 nitrogen and oxygen atoms in total. The number of rotatable bonds is 5. The second kappa shape index (κ2) is 6.65. The molecule has 1 N–H and O–H groups in total. The Morgan fingerprint density at radius 2 is 1.80 bits per heavy atom. The van der Waals surface area contributed by atoms with E-state index in [-0.39, 0.29) is 5.78 Å². The molecule has 3 rings (SSSR count). The average molecular weight is 334 g/mol. The van der Waals surface area contributed by atoms with Crippen molar-refractivity contribution in [1.29, 1.82) is 0 Å². The van der Waals surface area contributed by atoms with Gasteiger partial charge in [-0.15, -0.1) is 0 Å². The first kappa shape index (κ1) is 17.1. The summed E-state index contributed by atoms with van der Waals surface area (Å²) in [5.41, 5.74) is 2.52. The lowest BCUT2D eigenvalue weighted by molar-refractivity contribution is 0.0588. The highest BCUT2D eigenvalue weighted by molar-refractivity contribution is 6.05. The Bertz CT molecular complexity index is 932. The second-order valence-corrected chi connectivity index (χ2v) is 6.90. The van der Waals surface area contributed by atoms with Crippen LogP contribution in [0.25, 0.3) is 23.1 Å². The van der Waals surface area contributed by atoms with E-state index in [1.54, 1.807) is 18.5 Å². The number of ketones is 1. The van der Waals surface area contributed by atoms with Crippen LogP contribution in [0.1, 0.15) is 42.4 Å². The third kappa shape index (κ3) is 4.03. The van der Waals surface area contributed by atoms with Gasteiger partial charge in [-0.05, 0) is 37.1 Å². The molecule has 0 aliphatic carbocycles. The van der Waals surface area contributed by atoms with Crippen LogP contribution in [-0.4, -0.2) is 26.3 Å². The van der Waals surface area contributed by atoms with Crippen LogP contribution in [0, 0.1) is 0 Å². The van der Waals surface area contributed by atoms with Crippen molar-refractivity contribution in [2.24, 2.45) is 0 Å². The fourth-order valence-corrected chi connectivity index (χ4v) is 2.80. The van der Waals surface area contributed by atoms with Crippen molar-refractivity contribution < 1.29 is 9.90 Å². The average Bonchev–Trinajstić information content (AvgIpc) is 2.90. The fraction of sp³-hybridized carbons (Fsp3) is 0.238. The summed E-state index contributed by atoms with van der Waals surface area (Å²) in [7, 11) is 0. The maximum Gasteiger partial charge on any atom is 0.180 e. The zero-order valence-corrected chi connectivity index (χ0v) is 14.7. The number of hydrogen-bond donors (Lipinski definition) is 1.